The van der Waals surface area contributed by atoms with Crippen molar-refractivity contribution in [2.45, 2.75) is 11.8 Å². The minimum absolute atomic E-state index is 0.148. The molecule has 10 aromatic rings. The van der Waals surface area contributed by atoms with Gasteiger partial charge in [-0.05, 0) is 114 Å². The molecular weight excluding hydrogens is 687 g/mol. The van der Waals surface area contributed by atoms with Crippen LogP contribution in [-0.2, 0) is 0 Å². The van der Waals surface area contributed by atoms with E-state index in [0.717, 1.165) is 0 Å². The van der Waals surface area contributed by atoms with Gasteiger partial charge in [-0.2, -0.15) is 0 Å². The predicted molar refractivity (Wildman–Crippen MR) is 237 cm³/mol. The molecule has 57 heavy (non-hydrogen) atoms. The van der Waals surface area contributed by atoms with Gasteiger partial charge in [0.25, 0.3) is 0 Å². The second-order valence-corrected chi connectivity index (χ2v) is 15.6. The van der Waals surface area contributed by atoms with Gasteiger partial charge in [-0.25, -0.2) is 0 Å². The molecule has 0 aliphatic heterocycles. The Morgan fingerprint density at radius 3 is 1.60 bits per heavy atom. The van der Waals surface area contributed by atoms with Crippen LogP contribution in [-0.4, -0.2) is 4.57 Å². The zero-order chi connectivity index (χ0) is 37.5. The van der Waals surface area contributed by atoms with Gasteiger partial charge in [-0.3, -0.25) is 0 Å². The molecule has 12 rings (SSSR count). The van der Waals surface area contributed by atoms with Crippen LogP contribution >= 0.6 is 0 Å². The first kappa shape index (κ1) is 32.1. The smallest absolute Gasteiger partial charge is 0.0544 e. The zero-order valence-electron chi connectivity index (χ0n) is 31.3. The van der Waals surface area contributed by atoms with E-state index >= 15 is 0 Å². The van der Waals surface area contributed by atoms with Crippen molar-refractivity contribution in [1.82, 2.24) is 4.57 Å². The number of para-hydroxylation sites is 1. The number of rotatable bonds is 5. The van der Waals surface area contributed by atoms with Crippen LogP contribution in [0.25, 0.3) is 72.0 Å². The molecule has 0 fully saturated rings. The minimum atomic E-state index is 0.148. The maximum atomic E-state index is 2.46. The third kappa shape index (κ3) is 4.89. The molecule has 1 heterocycles. The van der Waals surface area contributed by atoms with E-state index < -0.39 is 0 Å². The monoisotopic (exact) mass is 723 g/mol. The van der Waals surface area contributed by atoms with Gasteiger partial charge in [0.1, 0.15) is 0 Å². The summed E-state index contributed by atoms with van der Waals surface area (Å²) in [7, 11) is 0. The standard InChI is InChI=1S/C56H37N/c1-4-14-36(15-5-1)37-24-26-39(27-25-37)53-45-22-12-11-21-44(45)49-34-40(28-30-48(49)53)41-29-32-51-50(35-41)55-52(57(51)42-18-8-3-9-19-42)33-31-47-43-20-10-13-23-46(43)54(56(47)55)38-16-6-2-7-17-38/h1-35,53-54H. The van der Waals surface area contributed by atoms with E-state index in [4.69, 9.17) is 0 Å². The van der Waals surface area contributed by atoms with Crippen molar-refractivity contribution in [3.05, 3.63) is 246 Å². The molecular formula is C56H37N. The third-order valence-corrected chi connectivity index (χ3v) is 12.6. The van der Waals surface area contributed by atoms with Crippen LogP contribution in [0.3, 0.4) is 0 Å². The summed E-state index contributed by atoms with van der Waals surface area (Å²) in [6, 6.07) is 78.8. The summed E-state index contributed by atoms with van der Waals surface area (Å²) in [6.07, 6.45) is 0. The first-order chi connectivity index (χ1) is 28.3. The quantitative estimate of drug-likeness (QED) is 0.167. The molecule has 0 amide bonds. The van der Waals surface area contributed by atoms with Crippen LogP contribution in [0.1, 0.15) is 45.2 Å². The lowest BCUT2D eigenvalue weighted by Gasteiger charge is -2.16. The van der Waals surface area contributed by atoms with Gasteiger partial charge < -0.3 is 4.57 Å². The van der Waals surface area contributed by atoms with Crippen molar-refractivity contribution in [3.63, 3.8) is 0 Å². The number of hydrogen-bond acceptors (Lipinski definition) is 0. The Labute approximate surface area is 332 Å². The van der Waals surface area contributed by atoms with Gasteiger partial charge >= 0.3 is 0 Å². The Hall–Kier alpha value is -7.22. The maximum absolute atomic E-state index is 2.46. The highest BCUT2D eigenvalue weighted by molar-refractivity contribution is 6.15. The van der Waals surface area contributed by atoms with Gasteiger partial charge in [-0.15, -0.1) is 0 Å². The van der Waals surface area contributed by atoms with E-state index in [0.29, 0.717) is 0 Å². The lowest BCUT2D eigenvalue weighted by atomic mass is 9.86. The molecule has 0 bridgehead atoms. The minimum Gasteiger partial charge on any atom is -0.309 e. The Kier molecular flexibility index (Phi) is 7.12. The normalized spacial score (nSPS) is 15.0. The first-order valence-electron chi connectivity index (χ1n) is 20.0. The van der Waals surface area contributed by atoms with Crippen LogP contribution < -0.4 is 0 Å². The second kappa shape index (κ2) is 12.7. The number of fused-ring (bicyclic) bond motifs is 10. The van der Waals surface area contributed by atoms with E-state index in [2.05, 4.69) is 217 Å². The Bertz CT molecular complexity index is 3150. The van der Waals surface area contributed by atoms with Crippen LogP contribution in [0.5, 0.6) is 0 Å². The van der Waals surface area contributed by atoms with Gasteiger partial charge in [-0.1, -0.05) is 176 Å². The van der Waals surface area contributed by atoms with E-state index in [1.54, 1.807) is 0 Å². The van der Waals surface area contributed by atoms with E-state index in [1.165, 1.54) is 105 Å². The van der Waals surface area contributed by atoms with E-state index in [9.17, 15) is 0 Å². The van der Waals surface area contributed by atoms with Crippen molar-refractivity contribution < 1.29 is 0 Å². The lowest BCUT2D eigenvalue weighted by molar-refractivity contribution is 1.02. The fourth-order valence-electron chi connectivity index (χ4n) is 10.1. The number of aromatic nitrogens is 1. The van der Waals surface area contributed by atoms with Gasteiger partial charge in [0.15, 0.2) is 0 Å². The van der Waals surface area contributed by atoms with E-state index in [-0.39, 0.29) is 11.8 Å². The number of hydrogen-bond donors (Lipinski definition) is 0. The molecule has 1 heteroatoms. The highest BCUT2D eigenvalue weighted by atomic mass is 15.0. The van der Waals surface area contributed by atoms with Crippen molar-refractivity contribution in [2.24, 2.45) is 0 Å². The van der Waals surface area contributed by atoms with E-state index in [1.807, 2.05) is 0 Å². The predicted octanol–water partition coefficient (Wildman–Crippen LogP) is 14.4. The number of nitrogens with zero attached hydrogens (tertiary/aromatic N) is 1. The molecule has 0 N–H and O–H groups in total. The Morgan fingerprint density at radius 2 is 0.842 bits per heavy atom. The summed E-state index contributed by atoms with van der Waals surface area (Å²) in [5.74, 6) is 0.343. The van der Waals surface area contributed by atoms with Crippen molar-refractivity contribution >= 4 is 21.8 Å². The van der Waals surface area contributed by atoms with Crippen LogP contribution in [0.4, 0.5) is 0 Å². The van der Waals surface area contributed by atoms with Crippen LogP contribution in [0.2, 0.25) is 0 Å². The van der Waals surface area contributed by atoms with Crippen LogP contribution in [0.15, 0.2) is 212 Å². The summed E-state index contributed by atoms with van der Waals surface area (Å²) in [5.41, 5.74) is 22.1. The van der Waals surface area contributed by atoms with Gasteiger partial charge in [0.2, 0.25) is 0 Å². The summed E-state index contributed by atoms with van der Waals surface area (Å²) < 4.78 is 2.46. The zero-order valence-corrected chi connectivity index (χ0v) is 31.3. The molecule has 1 aromatic heterocycles. The molecule has 0 saturated heterocycles. The fraction of sp³-hybridized carbons (Fsp3) is 0.0357. The largest absolute Gasteiger partial charge is 0.309 e. The summed E-state index contributed by atoms with van der Waals surface area (Å²) in [4.78, 5) is 0. The average Bonchev–Trinajstić information content (AvgIpc) is 3.92. The van der Waals surface area contributed by atoms with Crippen molar-refractivity contribution in [2.75, 3.05) is 0 Å². The third-order valence-electron chi connectivity index (χ3n) is 12.6. The van der Waals surface area contributed by atoms with Gasteiger partial charge in [0, 0.05) is 28.3 Å². The topological polar surface area (TPSA) is 4.93 Å². The molecule has 2 aliphatic rings. The Balaban J connectivity index is 1.05. The molecule has 0 radical (unpaired) electrons. The number of benzene rings is 9. The fourth-order valence-corrected chi connectivity index (χ4v) is 10.1. The average molecular weight is 724 g/mol. The van der Waals surface area contributed by atoms with Crippen molar-refractivity contribution in [1.29, 1.82) is 0 Å². The lowest BCUT2D eigenvalue weighted by Crippen LogP contribution is -2.00. The maximum Gasteiger partial charge on any atom is 0.0544 e. The van der Waals surface area contributed by atoms with Crippen LogP contribution in [0, 0.1) is 0 Å². The Morgan fingerprint density at radius 1 is 0.316 bits per heavy atom. The molecule has 0 saturated carbocycles. The second-order valence-electron chi connectivity index (χ2n) is 15.6. The summed E-state index contributed by atoms with van der Waals surface area (Å²) in [5, 5.41) is 2.62. The highest BCUT2D eigenvalue weighted by Gasteiger charge is 2.34. The first-order valence-corrected chi connectivity index (χ1v) is 20.0. The van der Waals surface area contributed by atoms with Gasteiger partial charge in [0.05, 0.1) is 11.0 Å². The highest BCUT2D eigenvalue weighted by Crippen LogP contribution is 2.54. The molecule has 0 spiro atoms. The molecule has 2 atom stereocenters. The summed E-state index contributed by atoms with van der Waals surface area (Å²) >= 11 is 0. The molecule has 2 aliphatic carbocycles. The molecule has 1 nitrogen and oxygen atoms in total. The molecule has 9 aromatic carbocycles. The molecule has 2 unspecified atom stereocenters. The molecule has 266 valence electrons. The summed E-state index contributed by atoms with van der Waals surface area (Å²) in [6.45, 7) is 0. The van der Waals surface area contributed by atoms with Crippen molar-refractivity contribution in [3.8, 4) is 50.2 Å². The SMILES string of the molecule is c1ccc(-c2ccc(C3c4ccccc4-c4cc(-c5ccc6c(c5)c5c7c(ccc5n6-c5ccccc5)-c5ccccc5C7c5ccccc5)ccc43)cc2)cc1.